The van der Waals surface area contributed by atoms with Crippen molar-refractivity contribution in [2.75, 3.05) is 0 Å². The number of hydrogen-bond donors (Lipinski definition) is 1. The summed E-state index contributed by atoms with van der Waals surface area (Å²) in [6.07, 6.45) is -4.93. The first-order valence-electron chi connectivity index (χ1n) is 7.55. The molecule has 0 radical (unpaired) electrons. The van der Waals surface area contributed by atoms with Crippen molar-refractivity contribution < 1.29 is 31.6 Å². The molecular formula is C17H9ClF4N2O3S. The number of amides is 1. The zero-order valence-electron chi connectivity index (χ0n) is 13.6. The molecule has 3 rings (SSSR count). The first-order valence-corrected chi connectivity index (χ1v) is 8.74. The van der Waals surface area contributed by atoms with Gasteiger partial charge in [-0.25, -0.2) is 9.82 Å². The molecule has 0 aliphatic carbocycles. The summed E-state index contributed by atoms with van der Waals surface area (Å²) in [6.45, 7) is 0. The van der Waals surface area contributed by atoms with Gasteiger partial charge in [0.05, 0.1) is 17.7 Å². The number of ketones is 1. The van der Waals surface area contributed by atoms with E-state index in [0.29, 0.717) is 10.1 Å². The Bertz CT molecular complexity index is 1070. The van der Waals surface area contributed by atoms with Gasteiger partial charge in [0.1, 0.15) is 16.4 Å². The minimum Gasteiger partial charge on any atom is -0.461 e. The zero-order valence-corrected chi connectivity index (χ0v) is 15.2. The molecule has 0 aliphatic rings. The zero-order chi connectivity index (χ0) is 20.5. The van der Waals surface area contributed by atoms with Gasteiger partial charge >= 0.3 is 6.18 Å². The highest BCUT2D eigenvalue weighted by Gasteiger charge is 2.38. The lowest BCUT2D eigenvalue weighted by Gasteiger charge is -2.09. The van der Waals surface area contributed by atoms with Gasteiger partial charge < -0.3 is 4.42 Å². The highest BCUT2D eigenvalue weighted by Crippen LogP contribution is 2.35. The van der Waals surface area contributed by atoms with Gasteiger partial charge in [-0.2, -0.15) is 18.3 Å². The van der Waals surface area contributed by atoms with Gasteiger partial charge in [0.15, 0.2) is 5.76 Å². The van der Waals surface area contributed by atoms with Gasteiger partial charge in [-0.3, -0.25) is 9.59 Å². The van der Waals surface area contributed by atoms with Crippen LogP contribution in [0, 0.1) is 5.82 Å². The molecule has 0 bridgehead atoms. The van der Waals surface area contributed by atoms with E-state index in [4.69, 9.17) is 16.0 Å². The number of furan rings is 1. The average Bonchev–Trinajstić information content (AvgIpc) is 3.25. The van der Waals surface area contributed by atoms with Crippen molar-refractivity contribution in [1.82, 2.24) is 5.43 Å². The fourth-order valence-electron chi connectivity index (χ4n) is 2.23. The lowest BCUT2D eigenvalue weighted by molar-refractivity contribution is -0.0605. The summed E-state index contributed by atoms with van der Waals surface area (Å²) in [5.41, 5.74) is 0.242. The van der Waals surface area contributed by atoms with E-state index >= 15 is 0 Å². The number of Topliss-reactive ketones (excluding diaryl/α,β-unsaturated/α-hetero) is 1. The largest absolute Gasteiger partial charge is 0.461 e. The van der Waals surface area contributed by atoms with Crippen LogP contribution in [-0.4, -0.2) is 23.6 Å². The van der Waals surface area contributed by atoms with Gasteiger partial charge in [-0.05, 0) is 30.3 Å². The molecule has 0 spiro atoms. The van der Waals surface area contributed by atoms with Crippen LogP contribution in [0.1, 0.15) is 26.6 Å². The summed E-state index contributed by atoms with van der Waals surface area (Å²) in [5, 5.41) is 3.40. The lowest BCUT2D eigenvalue weighted by atomic mass is 10.1. The van der Waals surface area contributed by atoms with Crippen molar-refractivity contribution in [2.45, 2.75) is 12.6 Å². The number of benzene rings is 1. The Morgan fingerprint density at radius 2 is 2.00 bits per heavy atom. The predicted molar refractivity (Wildman–Crippen MR) is 95.4 cm³/mol. The van der Waals surface area contributed by atoms with E-state index in [1.165, 1.54) is 18.2 Å². The van der Waals surface area contributed by atoms with Crippen LogP contribution in [0.2, 0.25) is 5.02 Å². The Morgan fingerprint density at radius 3 is 2.64 bits per heavy atom. The summed E-state index contributed by atoms with van der Waals surface area (Å²) >= 11 is 6.85. The van der Waals surface area contributed by atoms with E-state index < -0.39 is 35.8 Å². The second-order valence-electron chi connectivity index (χ2n) is 5.46. The highest BCUT2D eigenvalue weighted by molar-refractivity contribution is 7.21. The fourth-order valence-corrected chi connectivity index (χ4v) is 3.67. The normalized spacial score (nSPS) is 12.4. The number of hydrazone groups is 1. The van der Waals surface area contributed by atoms with Crippen LogP contribution in [0.25, 0.3) is 10.1 Å². The van der Waals surface area contributed by atoms with E-state index in [2.05, 4.69) is 5.10 Å². The van der Waals surface area contributed by atoms with Crippen LogP contribution < -0.4 is 5.43 Å². The SMILES string of the molecule is O=C(CC(=NNC(=O)c1sc2cc(F)ccc2c1Cl)C(F)(F)F)c1ccco1. The first kappa shape index (κ1) is 20.0. The molecule has 2 aromatic heterocycles. The number of hydrogen-bond acceptors (Lipinski definition) is 5. The van der Waals surface area contributed by atoms with Crippen molar-refractivity contribution in [3.05, 3.63) is 58.1 Å². The molecular weight excluding hydrogens is 424 g/mol. The van der Waals surface area contributed by atoms with Crippen molar-refractivity contribution in [3.63, 3.8) is 0 Å². The van der Waals surface area contributed by atoms with Gasteiger partial charge in [0.25, 0.3) is 5.91 Å². The molecule has 3 aromatic rings. The van der Waals surface area contributed by atoms with E-state index in [-0.39, 0.29) is 15.7 Å². The summed E-state index contributed by atoms with van der Waals surface area (Å²) in [5.74, 6) is -2.78. The van der Waals surface area contributed by atoms with Crippen LogP contribution in [0.5, 0.6) is 0 Å². The number of fused-ring (bicyclic) bond motifs is 1. The van der Waals surface area contributed by atoms with Gasteiger partial charge in [0, 0.05) is 10.1 Å². The fraction of sp³-hybridized carbons (Fsp3) is 0.118. The van der Waals surface area contributed by atoms with Gasteiger partial charge in [-0.1, -0.05) is 11.6 Å². The number of nitrogens with zero attached hydrogens (tertiary/aromatic N) is 1. The molecule has 11 heteroatoms. The number of carbonyl (C=O) groups excluding carboxylic acids is 2. The molecule has 0 saturated heterocycles. The number of nitrogens with one attached hydrogen (secondary N) is 1. The van der Waals surface area contributed by atoms with Crippen molar-refractivity contribution in [2.24, 2.45) is 5.10 Å². The summed E-state index contributed by atoms with van der Waals surface area (Å²) in [7, 11) is 0. The molecule has 0 unspecified atom stereocenters. The quantitative estimate of drug-likeness (QED) is 0.260. The van der Waals surface area contributed by atoms with Crippen molar-refractivity contribution in [3.8, 4) is 0 Å². The van der Waals surface area contributed by atoms with Gasteiger partial charge in [0.2, 0.25) is 5.78 Å². The molecule has 2 heterocycles. The highest BCUT2D eigenvalue weighted by atomic mass is 35.5. The molecule has 28 heavy (non-hydrogen) atoms. The number of halogens is 5. The Labute approximate surface area is 163 Å². The minimum absolute atomic E-state index is 0.0343. The number of thiophene rings is 1. The van der Waals surface area contributed by atoms with E-state index in [1.54, 1.807) is 5.43 Å². The third-order valence-corrected chi connectivity index (χ3v) is 5.20. The molecule has 146 valence electrons. The molecule has 0 atom stereocenters. The first-order chi connectivity index (χ1) is 13.2. The van der Waals surface area contributed by atoms with Crippen molar-refractivity contribution in [1.29, 1.82) is 0 Å². The maximum absolute atomic E-state index is 13.3. The number of rotatable bonds is 5. The molecule has 1 N–H and O–H groups in total. The van der Waals surface area contributed by atoms with Crippen LogP contribution >= 0.6 is 22.9 Å². The molecule has 5 nitrogen and oxygen atoms in total. The summed E-state index contributed by atoms with van der Waals surface area (Å²) < 4.78 is 57.8. The molecule has 1 amide bonds. The lowest BCUT2D eigenvalue weighted by Crippen LogP contribution is -2.30. The van der Waals surface area contributed by atoms with Crippen LogP contribution in [0.3, 0.4) is 0 Å². The number of carbonyl (C=O) groups is 2. The molecule has 0 fully saturated rings. The maximum atomic E-state index is 13.3. The predicted octanol–water partition coefficient (Wildman–Crippen LogP) is 5.21. The second-order valence-corrected chi connectivity index (χ2v) is 6.89. The topological polar surface area (TPSA) is 71.7 Å². The summed E-state index contributed by atoms with van der Waals surface area (Å²) in [4.78, 5) is 23.9. The number of alkyl halides is 3. The summed E-state index contributed by atoms with van der Waals surface area (Å²) in [6, 6.07) is 6.21. The van der Waals surface area contributed by atoms with Crippen LogP contribution in [-0.2, 0) is 0 Å². The third-order valence-electron chi connectivity index (χ3n) is 3.54. The standard InChI is InChI=1S/C17H9ClF4N2O3S/c18-14-9-4-3-8(19)6-12(9)28-15(14)16(26)24-23-13(17(20,21)22)7-10(25)11-2-1-5-27-11/h1-6H,7H2,(H,24,26). The van der Waals surface area contributed by atoms with E-state index in [0.717, 1.165) is 29.7 Å². The molecule has 0 saturated carbocycles. The van der Waals surface area contributed by atoms with Crippen LogP contribution in [0.4, 0.5) is 17.6 Å². The van der Waals surface area contributed by atoms with Crippen LogP contribution in [0.15, 0.2) is 46.1 Å². The Kier molecular flexibility index (Phi) is 5.52. The Morgan fingerprint density at radius 1 is 1.25 bits per heavy atom. The smallest absolute Gasteiger partial charge is 0.431 e. The molecule has 1 aromatic carbocycles. The third kappa shape index (κ3) is 4.23. The molecule has 0 aliphatic heterocycles. The second kappa shape index (κ2) is 7.72. The minimum atomic E-state index is -4.96. The average molecular weight is 433 g/mol. The van der Waals surface area contributed by atoms with Crippen molar-refractivity contribution >= 4 is 50.4 Å². The van der Waals surface area contributed by atoms with E-state index in [9.17, 15) is 27.2 Å². The monoisotopic (exact) mass is 432 g/mol. The maximum Gasteiger partial charge on any atom is 0.431 e. The van der Waals surface area contributed by atoms with E-state index in [1.807, 2.05) is 0 Å². The van der Waals surface area contributed by atoms with Gasteiger partial charge in [-0.15, -0.1) is 11.3 Å². The Hall–Kier alpha value is -2.72. The Balaban J connectivity index is 1.83.